The second-order valence-corrected chi connectivity index (χ2v) is 6.38. The molecule has 0 saturated carbocycles. The van der Waals surface area contributed by atoms with E-state index in [9.17, 15) is 18.0 Å². The van der Waals surface area contributed by atoms with Gasteiger partial charge in [0.05, 0.1) is 16.1 Å². The van der Waals surface area contributed by atoms with Crippen LogP contribution in [0.1, 0.15) is 22.6 Å². The number of aryl methyl sites for hydroxylation is 1. The molecule has 1 N–H and O–H groups in total. The summed E-state index contributed by atoms with van der Waals surface area (Å²) in [5.41, 5.74) is 0.177. The van der Waals surface area contributed by atoms with E-state index in [0.29, 0.717) is 15.1 Å². The van der Waals surface area contributed by atoms with Crippen LogP contribution < -0.4 is 5.32 Å². The van der Waals surface area contributed by atoms with Crippen molar-refractivity contribution in [3.05, 3.63) is 52.7 Å². The van der Waals surface area contributed by atoms with Crippen LogP contribution in [0.3, 0.4) is 0 Å². The lowest BCUT2D eigenvalue weighted by atomic mass is 10.2. The van der Waals surface area contributed by atoms with Crippen molar-refractivity contribution >= 4 is 34.0 Å². The third kappa shape index (κ3) is 3.52. The monoisotopic (exact) mass is 386 g/mol. The van der Waals surface area contributed by atoms with Crippen molar-refractivity contribution in [1.29, 1.82) is 0 Å². The Labute approximate surface area is 149 Å². The summed E-state index contributed by atoms with van der Waals surface area (Å²) in [6, 6.07) is 3.59. The second-order valence-electron chi connectivity index (χ2n) is 4.95. The van der Waals surface area contributed by atoms with Gasteiger partial charge < -0.3 is 0 Å². The molecule has 0 fully saturated rings. The molecule has 3 aromatic rings. The van der Waals surface area contributed by atoms with Crippen LogP contribution in [0.15, 0.2) is 30.6 Å². The largest absolute Gasteiger partial charge is 0.320 e. The van der Waals surface area contributed by atoms with Gasteiger partial charge in [0, 0.05) is 17.4 Å². The first kappa shape index (κ1) is 17.4. The number of aromatic nitrogens is 3. The van der Waals surface area contributed by atoms with Gasteiger partial charge in [-0.25, -0.2) is 14.4 Å². The minimum Gasteiger partial charge on any atom is -0.298 e. The summed E-state index contributed by atoms with van der Waals surface area (Å²) < 4.78 is 40.4. The predicted molar refractivity (Wildman–Crippen MR) is 88.7 cm³/mol. The molecule has 0 bridgehead atoms. The Hall–Kier alpha value is -2.39. The van der Waals surface area contributed by atoms with Crippen LogP contribution in [0, 0.1) is 12.7 Å². The van der Waals surface area contributed by atoms with Crippen molar-refractivity contribution in [3.8, 4) is 10.7 Å². The highest BCUT2D eigenvalue weighted by molar-refractivity contribution is 7.19. The molecule has 0 radical (unpaired) electrons. The molecular formula is C15H10ClF3N4OS. The minimum absolute atomic E-state index is 0.0411. The van der Waals surface area contributed by atoms with Crippen molar-refractivity contribution in [2.24, 2.45) is 0 Å². The lowest BCUT2D eigenvalue weighted by molar-refractivity contribution is 0.0720. The van der Waals surface area contributed by atoms with E-state index in [4.69, 9.17) is 11.6 Å². The first-order valence-corrected chi connectivity index (χ1v) is 8.11. The number of hydrogen-bond donors (Lipinski definition) is 1. The average Bonchev–Trinajstić information content (AvgIpc) is 3.16. The van der Waals surface area contributed by atoms with Gasteiger partial charge in [0.2, 0.25) is 0 Å². The maximum absolute atomic E-state index is 13.7. The molecule has 1 amide bonds. The zero-order valence-electron chi connectivity index (χ0n) is 12.6. The van der Waals surface area contributed by atoms with E-state index in [1.54, 1.807) is 6.92 Å². The maximum Gasteiger partial charge on any atom is 0.320 e. The summed E-state index contributed by atoms with van der Waals surface area (Å²) >= 11 is 6.73. The van der Waals surface area contributed by atoms with Gasteiger partial charge in [-0.05, 0) is 25.1 Å². The van der Waals surface area contributed by atoms with Crippen LogP contribution in [0.2, 0.25) is 5.02 Å². The molecule has 0 unspecified atom stereocenters. The number of amides is 1. The Kier molecular flexibility index (Phi) is 4.78. The molecule has 0 aliphatic carbocycles. The highest BCUT2D eigenvalue weighted by atomic mass is 35.5. The molecule has 0 aliphatic heterocycles. The molecule has 0 aliphatic rings. The lowest BCUT2D eigenvalue weighted by Gasteiger charge is -2.04. The maximum atomic E-state index is 13.7. The van der Waals surface area contributed by atoms with E-state index in [1.165, 1.54) is 18.3 Å². The van der Waals surface area contributed by atoms with Crippen LogP contribution in [-0.4, -0.2) is 20.4 Å². The number of thiazole rings is 1. The fourth-order valence-corrected chi connectivity index (χ4v) is 3.27. The van der Waals surface area contributed by atoms with Gasteiger partial charge in [-0.3, -0.25) is 14.7 Å². The Bertz CT molecular complexity index is 941. The van der Waals surface area contributed by atoms with Gasteiger partial charge >= 0.3 is 6.55 Å². The number of imidazole rings is 1. The highest BCUT2D eigenvalue weighted by Gasteiger charge is 2.20. The third-order valence-corrected chi connectivity index (χ3v) is 4.58. The molecule has 2 aromatic heterocycles. The summed E-state index contributed by atoms with van der Waals surface area (Å²) in [6.45, 7) is -1.15. The van der Waals surface area contributed by atoms with Crippen LogP contribution >= 0.6 is 22.9 Å². The third-order valence-electron chi connectivity index (χ3n) is 3.27. The van der Waals surface area contributed by atoms with Crippen LogP contribution in [0.25, 0.3) is 10.7 Å². The van der Waals surface area contributed by atoms with Crippen molar-refractivity contribution in [1.82, 2.24) is 14.5 Å². The highest BCUT2D eigenvalue weighted by Crippen LogP contribution is 2.33. The van der Waals surface area contributed by atoms with E-state index < -0.39 is 18.3 Å². The Morgan fingerprint density at radius 1 is 1.40 bits per heavy atom. The van der Waals surface area contributed by atoms with Gasteiger partial charge in [0.15, 0.2) is 11.0 Å². The summed E-state index contributed by atoms with van der Waals surface area (Å²) in [6.07, 6.45) is 2.40. The van der Waals surface area contributed by atoms with Gasteiger partial charge in [-0.1, -0.05) is 22.9 Å². The quantitative estimate of drug-likeness (QED) is 0.703. The number of nitrogens with zero attached hydrogens (tertiary/aromatic N) is 3. The summed E-state index contributed by atoms with van der Waals surface area (Å²) in [7, 11) is 0. The fourth-order valence-electron chi connectivity index (χ4n) is 2.14. The van der Waals surface area contributed by atoms with E-state index in [0.717, 1.165) is 23.6 Å². The van der Waals surface area contributed by atoms with Crippen molar-refractivity contribution in [2.75, 3.05) is 5.32 Å². The first-order chi connectivity index (χ1) is 11.9. The van der Waals surface area contributed by atoms with Crippen molar-refractivity contribution < 1.29 is 18.0 Å². The number of carbonyl (C=O) groups excluding carboxylic acids is 1. The molecule has 3 rings (SSSR count). The predicted octanol–water partition coefficient (Wildman–Crippen LogP) is 4.75. The smallest absolute Gasteiger partial charge is 0.298 e. The number of nitrogens with one attached hydrogen (secondary N) is 1. The molecule has 1 aromatic carbocycles. The van der Waals surface area contributed by atoms with Crippen LogP contribution in [-0.2, 0) is 0 Å². The first-order valence-electron chi connectivity index (χ1n) is 6.92. The van der Waals surface area contributed by atoms with Crippen molar-refractivity contribution in [2.45, 2.75) is 13.5 Å². The lowest BCUT2D eigenvalue weighted by Crippen LogP contribution is -2.13. The molecular weight excluding hydrogens is 377 g/mol. The molecule has 2 heterocycles. The SMILES string of the molecule is Cc1nc(NC(=O)c2cc(Cl)ccc2F)sc1-c1nccn1C(F)F. The van der Waals surface area contributed by atoms with Gasteiger partial charge in [-0.15, -0.1) is 0 Å². The van der Waals surface area contributed by atoms with Crippen molar-refractivity contribution in [3.63, 3.8) is 0 Å². The Balaban J connectivity index is 1.89. The number of benzene rings is 1. The number of halogens is 4. The minimum atomic E-state index is -2.75. The molecule has 130 valence electrons. The van der Waals surface area contributed by atoms with E-state index >= 15 is 0 Å². The molecule has 0 atom stereocenters. The average molecular weight is 387 g/mol. The zero-order valence-corrected chi connectivity index (χ0v) is 14.2. The summed E-state index contributed by atoms with van der Waals surface area (Å²) in [4.78, 5) is 20.6. The van der Waals surface area contributed by atoms with E-state index in [1.807, 2.05) is 0 Å². The molecule has 0 spiro atoms. The second kappa shape index (κ2) is 6.85. The van der Waals surface area contributed by atoms with Gasteiger partial charge in [-0.2, -0.15) is 8.78 Å². The number of alkyl halides is 2. The summed E-state index contributed by atoms with van der Waals surface area (Å²) in [5, 5.41) is 2.79. The number of hydrogen-bond acceptors (Lipinski definition) is 4. The topological polar surface area (TPSA) is 59.8 Å². The Morgan fingerprint density at radius 3 is 2.88 bits per heavy atom. The zero-order chi connectivity index (χ0) is 18.1. The standard InChI is InChI=1S/C15H10ClF3N4OS/c1-7-11(12-20-4-5-23(12)14(18)19)25-15(21-7)22-13(24)9-6-8(16)2-3-10(9)17/h2-6,14H,1H3,(H,21,22,24). The number of anilines is 1. The summed E-state index contributed by atoms with van der Waals surface area (Å²) in [5.74, 6) is -1.43. The fraction of sp³-hybridized carbons (Fsp3) is 0.133. The van der Waals surface area contributed by atoms with Crippen LogP contribution in [0.4, 0.5) is 18.3 Å². The van der Waals surface area contributed by atoms with E-state index in [2.05, 4.69) is 15.3 Å². The molecule has 10 heteroatoms. The van der Waals surface area contributed by atoms with Crippen LogP contribution in [0.5, 0.6) is 0 Å². The number of carbonyl (C=O) groups is 1. The Morgan fingerprint density at radius 2 is 2.16 bits per heavy atom. The number of rotatable bonds is 4. The van der Waals surface area contributed by atoms with E-state index in [-0.39, 0.29) is 21.5 Å². The van der Waals surface area contributed by atoms with Gasteiger partial charge in [0.1, 0.15) is 5.82 Å². The molecule has 5 nitrogen and oxygen atoms in total. The molecule has 0 saturated heterocycles. The molecule has 25 heavy (non-hydrogen) atoms. The van der Waals surface area contributed by atoms with Gasteiger partial charge in [0.25, 0.3) is 5.91 Å². The normalized spacial score (nSPS) is 11.1.